The smallest absolute Gasteiger partial charge is 0.251 e. The fourth-order valence-corrected chi connectivity index (χ4v) is 2.93. The molecule has 2 rings (SSSR count). The van der Waals surface area contributed by atoms with Crippen molar-refractivity contribution in [3.63, 3.8) is 0 Å². The Kier molecular flexibility index (Phi) is 5.21. The van der Waals surface area contributed by atoms with Crippen molar-refractivity contribution in [1.29, 1.82) is 0 Å². The zero-order chi connectivity index (χ0) is 18.0. The standard InChI is InChI=1S/C19H30N4O/c1-14-8-7-9-15(12-14)16(24)21-10-11-22-17(20-6)23-13-18(2,3)19(23,4)5/h7-9,12H,10-11,13H2,1-6H3,(H,20,22)(H,21,24). The number of aliphatic imine (C=N–C) groups is 1. The van der Waals surface area contributed by atoms with E-state index in [0.29, 0.717) is 18.7 Å². The highest BCUT2D eigenvalue weighted by atomic mass is 16.1. The molecule has 0 bridgehead atoms. The summed E-state index contributed by atoms with van der Waals surface area (Å²) in [6.45, 7) is 13.2. The number of benzene rings is 1. The van der Waals surface area contributed by atoms with Crippen molar-refractivity contribution in [2.24, 2.45) is 10.4 Å². The lowest BCUT2D eigenvalue weighted by atomic mass is 9.65. The first-order valence-corrected chi connectivity index (χ1v) is 8.52. The minimum atomic E-state index is -0.0408. The molecule has 1 aliphatic heterocycles. The van der Waals surface area contributed by atoms with Gasteiger partial charge in [0.2, 0.25) is 0 Å². The van der Waals surface area contributed by atoms with Crippen LogP contribution in [0.1, 0.15) is 43.6 Å². The zero-order valence-electron chi connectivity index (χ0n) is 15.7. The topological polar surface area (TPSA) is 56.7 Å². The lowest BCUT2D eigenvalue weighted by molar-refractivity contribution is -0.0666. The van der Waals surface area contributed by atoms with E-state index in [9.17, 15) is 4.79 Å². The van der Waals surface area contributed by atoms with Crippen LogP contribution in [0, 0.1) is 12.3 Å². The first-order valence-electron chi connectivity index (χ1n) is 8.52. The van der Waals surface area contributed by atoms with Crippen molar-refractivity contribution in [3.8, 4) is 0 Å². The molecule has 0 unspecified atom stereocenters. The third-order valence-electron chi connectivity index (χ3n) is 5.33. The van der Waals surface area contributed by atoms with Crippen LogP contribution in [0.3, 0.4) is 0 Å². The molecule has 1 aliphatic rings. The van der Waals surface area contributed by atoms with Crippen LogP contribution in [0.5, 0.6) is 0 Å². The van der Waals surface area contributed by atoms with Crippen molar-refractivity contribution < 1.29 is 4.79 Å². The highest BCUT2D eigenvalue weighted by Crippen LogP contribution is 2.46. The van der Waals surface area contributed by atoms with Crippen LogP contribution in [0.2, 0.25) is 0 Å². The molecule has 5 nitrogen and oxygen atoms in total. The number of likely N-dealkylation sites (tertiary alicyclic amines) is 1. The number of carbonyl (C=O) groups is 1. The van der Waals surface area contributed by atoms with Gasteiger partial charge in [0.05, 0.1) is 0 Å². The van der Waals surface area contributed by atoms with Crippen molar-refractivity contribution in [3.05, 3.63) is 35.4 Å². The highest BCUT2D eigenvalue weighted by Gasteiger charge is 2.53. The normalized spacial score (nSPS) is 18.8. The van der Waals surface area contributed by atoms with E-state index < -0.39 is 0 Å². The van der Waals surface area contributed by atoms with Gasteiger partial charge in [-0.25, -0.2) is 0 Å². The lowest BCUT2D eigenvalue weighted by Gasteiger charge is -2.62. The molecule has 24 heavy (non-hydrogen) atoms. The third kappa shape index (κ3) is 3.55. The van der Waals surface area contributed by atoms with Gasteiger partial charge in [-0.1, -0.05) is 31.5 Å². The van der Waals surface area contributed by atoms with Gasteiger partial charge in [0.15, 0.2) is 5.96 Å². The predicted octanol–water partition coefficient (Wildman–Crippen LogP) is 2.42. The molecule has 2 N–H and O–H groups in total. The number of rotatable bonds is 4. The van der Waals surface area contributed by atoms with Crippen LogP contribution in [-0.2, 0) is 0 Å². The second-order valence-electron chi connectivity index (χ2n) is 7.63. The predicted molar refractivity (Wildman–Crippen MR) is 99.4 cm³/mol. The molecule has 0 saturated carbocycles. The SMILES string of the molecule is CN=C(NCCNC(=O)c1cccc(C)c1)N1CC(C)(C)C1(C)C. The molecule has 0 spiro atoms. The van der Waals surface area contributed by atoms with Gasteiger partial charge in [-0.2, -0.15) is 0 Å². The van der Waals surface area contributed by atoms with E-state index in [1.807, 2.05) is 31.2 Å². The number of hydrogen-bond donors (Lipinski definition) is 2. The Morgan fingerprint density at radius 1 is 1.21 bits per heavy atom. The van der Waals surface area contributed by atoms with Crippen LogP contribution in [0.15, 0.2) is 29.3 Å². The zero-order valence-corrected chi connectivity index (χ0v) is 15.7. The second kappa shape index (κ2) is 6.83. The number of guanidine groups is 1. The number of hydrogen-bond acceptors (Lipinski definition) is 2. The van der Waals surface area contributed by atoms with E-state index in [1.165, 1.54) is 0 Å². The van der Waals surface area contributed by atoms with Gasteiger partial charge >= 0.3 is 0 Å². The molecule has 1 saturated heterocycles. The van der Waals surface area contributed by atoms with Crippen LogP contribution in [0.25, 0.3) is 0 Å². The van der Waals surface area contributed by atoms with Crippen molar-refractivity contribution in [2.45, 2.75) is 40.2 Å². The summed E-state index contributed by atoms with van der Waals surface area (Å²) in [5.74, 6) is 0.852. The monoisotopic (exact) mass is 330 g/mol. The van der Waals surface area contributed by atoms with Gasteiger partial charge in [-0.05, 0) is 32.9 Å². The summed E-state index contributed by atoms with van der Waals surface area (Å²) in [5.41, 5.74) is 2.12. The van der Waals surface area contributed by atoms with Crippen LogP contribution >= 0.6 is 0 Å². The second-order valence-corrected chi connectivity index (χ2v) is 7.63. The molecule has 1 aromatic carbocycles. The number of nitrogens with zero attached hydrogens (tertiary/aromatic N) is 2. The average molecular weight is 330 g/mol. The number of nitrogens with one attached hydrogen (secondary N) is 2. The van der Waals surface area contributed by atoms with Crippen LogP contribution < -0.4 is 10.6 Å². The molecule has 1 amide bonds. The number of aryl methyl sites for hydroxylation is 1. The lowest BCUT2D eigenvalue weighted by Crippen LogP contribution is -2.72. The Bertz CT molecular complexity index is 634. The molecular formula is C19H30N4O. The Morgan fingerprint density at radius 2 is 1.88 bits per heavy atom. The molecule has 1 aromatic rings. The fourth-order valence-electron chi connectivity index (χ4n) is 2.93. The molecule has 132 valence electrons. The first kappa shape index (κ1) is 18.3. The summed E-state index contributed by atoms with van der Waals surface area (Å²) < 4.78 is 0. The highest BCUT2D eigenvalue weighted by molar-refractivity contribution is 5.94. The third-order valence-corrected chi connectivity index (χ3v) is 5.33. The summed E-state index contributed by atoms with van der Waals surface area (Å²) in [6.07, 6.45) is 0. The maximum Gasteiger partial charge on any atom is 0.251 e. The van der Waals surface area contributed by atoms with Crippen molar-refractivity contribution in [1.82, 2.24) is 15.5 Å². The number of amides is 1. The van der Waals surface area contributed by atoms with E-state index in [1.54, 1.807) is 7.05 Å². The van der Waals surface area contributed by atoms with E-state index in [0.717, 1.165) is 18.1 Å². The molecule has 1 fully saturated rings. The van der Waals surface area contributed by atoms with E-state index in [2.05, 4.69) is 48.2 Å². The summed E-state index contributed by atoms with van der Waals surface area (Å²) in [7, 11) is 1.80. The van der Waals surface area contributed by atoms with Crippen molar-refractivity contribution >= 4 is 11.9 Å². The number of carbonyl (C=O) groups excluding carboxylic acids is 1. The summed E-state index contributed by atoms with van der Waals surface area (Å²) >= 11 is 0. The maximum atomic E-state index is 12.1. The first-order chi connectivity index (χ1) is 11.2. The fraction of sp³-hybridized carbons (Fsp3) is 0.579. The van der Waals surface area contributed by atoms with Gasteiger partial charge in [0, 0.05) is 43.2 Å². The van der Waals surface area contributed by atoms with Gasteiger partial charge in [0.1, 0.15) is 0 Å². The quantitative estimate of drug-likeness (QED) is 0.506. The largest absolute Gasteiger partial charge is 0.354 e. The molecular weight excluding hydrogens is 300 g/mol. The Balaban J connectivity index is 1.80. The van der Waals surface area contributed by atoms with Crippen molar-refractivity contribution in [2.75, 3.05) is 26.7 Å². The van der Waals surface area contributed by atoms with Gasteiger partial charge in [-0.15, -0.1) is 0 Å². The van der Waals surface area contributed by atoms with E-state index in [-0.39, 0.29) is 16.9 Å². The average Bonchev–Trinajstić information content (AvgIpc) is 2.53. The molecule has 0 atom stereocenters. The van der Waals surface area contributed by atoms with Gasteiger partial charge in [0.25, 0.3) is 5.91 Å². The molecule has 1 heterocycles. The van der Waals surface area contributed by atoms with E-state index >= 15 is 0 Å². The molecule has 0 aliphatic carbocycles. The van der Waals surface area contributed by atoms with Gasteiger partial charge in [-0.3, -0.25) is 9.79 Å². The molecule has 0 aromatic heterocycles. The Labute approximate surface area is 145 Å². The van der Waals surface area contributed by atoms with Gasteiger partial charge < -0.3 is 15.5 Å². The molecule has 0 radical (unpaired) electrons. The van der Waals surface area contributed by atoms with Crippen LogP contribution in [-0.4, -0.2) is 49.0 Å². The van der Waals surface area contributed by atoms with E-state index in [4.69, 9.17) is 0 Å². The maximum absolute atomic E-state index is 12.1. The summed E-state index contributed by atoms with van der Waals surface area (Å²) in [5, 5.41) is 6.29. The minimum Gasteiger partial charge on any atom is -0.354 e. The summed E-state index contributed by atoms with van der Waals surface area (Å²) in [6, 6.07) is 7.61. The molecule has 5 heteroatoms. The summed E-state index contributed by atoms with van der Waals surface area (Å²) in [4.78, 5) is 18.8. The van der Waals surface area contributed by atoms with Crippen LogP contribution in [0.4, 0.5) is 0 Å². The Morgan fingerprint density at radius 3 is 2.42 bits per heavy atom. The Hall–Kier alpha value is -2.04. The minimum absolute atomic E-state index is 0.0408.